The second-order valence-corrected chi connectivity index (χ2v) is 6.32. The Morgan fingerprint density at radius 2 is 1.67 bits per heavy atom. The van der Waals surface area contributed by atoms with Crippen LogP contribution in [0.3, 0.4) is 0 Å². The maximum Gasteiger partial charge on any atom is 0.310 e. The maximum atomic E-state index is 14.1. The summed E-state index contributed by atoms with van der Waals surface area (Å²) >= 11 is 0. The Bertz CT molecular complexity index is 837. The third-order valence-electron chi connectivity index (χ3n) is 4.14. The summed E-state index contributed by atoms with van der Waals surface area (Å²) in [5.74, 6) is -6.71. The molecule has 2 aromatic carbocycles. The van der Waals surface area contributed by atoms with E-state index >= 15 is 0 Å². The Morgan fingerprint density at radius 1 is 1.04 bits per heavy atom. The number of hydrogen-bond donors (Lipinski definition) is 0. The molecule has 0 N–H and O–H groups in total. The van der Waals surface area contributed by atoms with Gasteiger partial charge in [-0.1, -0.05) is 36.8 Å². The number of methoxy groups -OCH3 is 1. The predicted octanol–water partition coefficient (Wildman–Crippen LogP) is 3.86. The molecule has 2 rings (SSSR count). The van der Waals surface area contributed by atoms with E-state index < -0.39 is 40.8 Å². The topological polar surface area (TPSA) is 46.6 Å². The minimum Gasteiger partial charge on any atom is -0.469 e. The molecule has 0 aliphatic heterocycles. The fourth-order valence-corrected chi connectivity index (χ4v) is 2.60. The molecule has 27 heavy (non-hydrogen) atoms. The number of benzene rings is 2. The second-order valence-electron chi connectivity index (χ2n) is 6.32. The van der Waals surface area contributed by atoms with E-state index in [-0.39, 0.29) is 13.1 Å². The molecule has 0 fully saturated rings. The van der Waals surface area contributed by atoms with Crippen LogP contribution in [0.1, 0.15) is 28.4 Å². The first-order chi connectivity index (χ1) is 12.7. The SMILES string of the molecule is COC(=O)C(C)CN(Cc1ccc(C)cc1)C(=O)c1ccc(F)c(F)c1F. The number of ether oxygens (including phenoxy) is 1. The quantitative estimate of drug-likeness (QED) is 0.566. The molecule has 144 valence electrons. The third kappa shape index (κ3) is 4.87. The minimum atomic E-state index is -1.71. The van der Waals surface area contributed by atoms with Crippen LogP contribution in [0.15, 0.2) is 36.4 Å². The molecule has 4 nitrogen and oxygen atoms in total. The number of carbonyl (C=O) groups excluding carboxylic acids is 2. The number of nitrogens with zero attached hydrogens (tertiary/aromatic N) is 1. The van der Waals surface area contributed by atoms with E-state index in [2.05, 4.69) is 4.74 Å². The second kappa shape index (κ2) is 8.70. The van der Waals surface area contributed by atoms with Gasteiger partial charge in [-0.3, -0.25) is 9.59 Å². The van der Waals surface area contributed by atoms with Crippen molar-refractivity contribution >= 4 is 11.9 Å². The molecule has 0 saturated heterocycles. The molecule has 0 heterocycles. The first kappa shape index (κ1) is 20.5. The molecule has 0 radical (unpaired) electrons. The summed E-state index contributed by atoms with van der Waals surface area (Å²) < 4.78 is 45.4. The summed E-state index contributed by atoms with van der Waals surface area (Å²) in [6.45, 7) is 3.46. The van der Waals surface area contributed by atoms with Crippen LogP contribution in [-0.4, -0.2) is 30.4 Å². The summed E-state index contributed by atoms with van der Waals surface area (Å²) in [7, 11) is 1.22. The van der Waals surface area contributed by atoms with Crippen LogP contribution in [0.2, 0.25) is 0 Å². The van der Waals surface area contributed by atoms with Crippen molar-refractivity contribution in [1.29, 1.82) is 0 Å². The van der Waals surface area contributed by atoms with E-state index in [1.165, 1.54) is 12.0 Å². The van der Waals surface area contributed by atoms with Crippen LogP contribution in [-0.2, 0) is 16.1 Å². The third-order valence-corrected chi connectivity index (χ3v) is 4.14. The summed E-state index contributed by atoms with van der Waals surface area (Å²) in [5.41, 5.74) is 1.17. The van der Waals surface area contributed by atoms with Gasteiger partial charge in [-0.2, -0.15) is 0 Å². The Balaban J connectivity index is 2.35. The zero-order valence-corrected chi connectivity index (χ0v) is 15.3. The zero-order valence-electron chi connectivity index (χ0n) is 15.3. The van der Waals surface area contributed by atoms with Crippen molar-refractivity contribution in [2.24, 2.45) is 5.92 Å². The Morgan fingerprint density at radius 3 is 2.26 bits per heavy atom. The van der Waals surface area contributed by atoms with Gasteiger partial charge in [0.2, 0.25) is 0 Å². The predicted molar refractivity (Wildman–Crippen MR) is 93.4 cm³/mol. The van der Waals surface area contributed by atoms with E-state index in [0.29, 0.717) is 6.07 Å². The number of hydrogen-bond acceptors (Lipinski definition) is 3. The van der Waals surface area contributed by atoms with E-state index in [1.54, 1.807) is 19.1 Å². The Hall–Kier alpha value is -2.83. The lowest BCUT2D eigenvalue weighted by atomic mass is 10.1. The van der Waals surface area contributed by atoms with Crippen molar-refractivity contribution in [3.63, 3.8) is 0 Å². The monoisotopic (exact) mass is 379 g/mol. The van der Waals surface area contributed by atoms with Crippen molar-refractivity contribution in [3.05, 3.63) is 70.5 Å². The summed E-state index contributed by atoms with van der Waals surface area (Å²) in [6.07, 6.45) is 0. The van der Waals surface area contributed by atoms with Gasteiger partial charge in [-0.05, 0) is 24.6 Å². The van der Waals surface area contributed by atoms with Crippen molar-refractivity contribution in [3.8, 4) is 0 Å². The molecule has 0 aliphatic carbocycles. The van der Waals surface area contributed by atoms with E-state index in [0.717, 1.165) is 17.2 Å². The molecule has 1 amide bonds. The average molecular weight is 379 g/mol. The highest BCUT2D eigenvalue weighted by atomic mass is 19.2. The molecule has 0 saturated carbocycles. The van der Waals surface area contributed by atoms with Gasteiger partial charge >= 0.3 is 5.97 Å². The molecule has 0 aromatic heterocycles. The molecule has 0 aliphatic rings. The van der Waals surface area contributed by atoms with Crippen LogP contribution < -0.4 is 0 Å². The molecule has 2 aromatic rings. The van der Waals surface area contributed by atoms with E-state index in [1.807, 2.05) is 19.1 Å². The van der Waals surface area contributed by atoms with Crippen LogP contribution in [0.4, 0.5) is 13.2 Å². The number of carbonyl (C=O) groups is 2. The number of aryl methyl sites for hydroxylation is 1. The normalized spacial score (nSPS) is 11.8. The van der Waals surface area contributed by atoms with Crippen LogP contribution >= 0.6 is 0 Å². The van der Waals surface area contributed by atoms with E-state index in [4.69, 9.17) is 0 Å². The standard InChI is InChI=1S/C20H20F3NO3/c1-12-4-6-14(7-5-12)11-24(10-13(2)20(26)27-3)19(25)15-8-9-16(21)18(23)17(15)22/h4-9,13H,10-11H2,1-3H3. The summed E-state index contributed by atoms with van der Waals surface area (Å²) in [5, 5.41) is 0. The number of halogens is 3. The van der Waals surface area contributed by atoms with Gasteiger partial charge in [0.1, 0.15) is 0 Å². The zero-order chi connectivity index (χ0) is 20.1. The Kier molecular flexibility index (Phi) is 6.60. The van der Waals surface area contributed by atoms with Crippen molar-refractivity contribution in [2.75, 3.05) is 13.7 Å². The Labute approximate surface area is 155 Å². The van der Waals surface area contributed by atoms with Gasteiger partial charge in [0.25, 0.3) is 5.91 Å². The fourth-order valence-electron chi connectivity index (χ4n) is 2.60. The molecular formula is C20H20F3NO3. The largest absolute Gasteiger partial charge is 0.469 e. The fraction of sp³-hybridized carbons (Fsp3) is 0.300. The van der Waals surface area contributed by atoms with Gasteiger partial charge in [0.15, 0.2) is 17.5 Å². The maximum absolute atomic E-state index is 14.1. The highest BCUT2D eigenvalue weighted by Gasteiger charge is 2.26. The van der Waals surface area contributed by atoms with Gasteiger partial charge in [0, 0.05) is 13.1 Å². The highest BCUT2D eigenvalue weighted by Crippen LogP contribution is 2.19. The summed E-state index contributed by atoms with van der Waals surface area (Å²) in [6, 6.07) is 8.86. The number of esters is 1. The van der Waals surface area contributed by atoms with Gasteiger partial charge in [-0.15, -0.1) is 0 Å². The van der Waals surface area contributed by atoms with Crippen molar-refractivity contribution in [2.45, 2.75) is 20.4 Å². The molecule has 1 atom stereocenters. The molecule has 0 bridgehead atoms. The molecular weight excluding hydrogens is 359 g/mol. The smallest absolute Gasteiger partial charge is 0.310 e. The van der Waals surface area contributed by atoms with Crippen LogP contribution in [0.25, 0.3) is 0 Å². The van der Waals surface area contributed by atoms with Crippen LogP contribution in [0.5, 0.6) is 0 Å². The number of amides is 1. The lowest BCUT2D eigenvalue weighted by Gasteiger charge is -2.25. The van der Waals surface area contributed by atoms with Gasteiger partial charge < -0.3 is 9.64 Å². The molecule has 0 spiro atoms. The van der Waals surface area contributed by atoms with Gasteiger partial charge in [0.05, 0.1) is 18.6 Å². The van der Waals surface area contributed by atoms with Crippen molar-refractivity contribution in [1.82, 2.24) is 4.90 Å². The van der Waals surface area contributed by atoms with E-state index in [9.17, 15) is 22.8 Å². The minimum absolute atomic E-state index is 0.0683. The lowest BCUT2D eigenvalue weighted by molar-refractivity contribution is -0.145. The average Bonchev–Trinajstić information content (AvgIpc) is 2.66. The first-order valence-electron chi connectivity index (χ1n) is 8.30. The first-order valence-corrected chi connectivity index (χ1v) is 8.30. The lowest BCUT2D eigenvalue weighted by Crippen LogP contribution is -2.37. The number of rotatable bonds is 6. The molecule has 7 heteroatoms. The summed E-state index contributed by atoms with van der Waals surface area (Å²) in [4.78, 5) is 25.7. The van der Waals surface area contributed by atoms with Crippen molar-refractivity contribution < 1.29 is 27.5 Å². The van der Waals surface area contributed by atoms with Gasteiger partial charge in [-0.25, -0.2) is 13.2 Å². The highest BCUT2D eigenvalue weighted by molar-refractivity contribution is 5.94. The molecule has 1 unspecified atom stereocenters. The van der Waals surface area contributed by atoms with Crippen LogP contribution in [0, 0.1) is 30.3 Å².